The van der Waals surface area contributed by atoms with Crippen molar-refractivity contribution < 1.29 is 9.59 Å². The molecule has 23 heavy (non-hydrogen) atoms. The lowest BCUT2D eigenvalue weighted by Crippen LogP contribution is -2.54. The number of nitrogens with one attached hydrogen (secondary N) is 1. The topological polar surface area (TPSA) is 61.8 Å². The predicted octanol–water partition coefficient (Wildman–Crippen LogP) is 2.06. The summed E-state index contributed by atoms with van der Waals surface area (Å²) in [5, 5.41) is 2.39. The van der Waals surface area contributed by atoms with Gasteiger partial charge in [0.25, 0.3) is 0 Å². The van der Waals surface area contributed by atoms with Gasteiger partial charge in [-0.05, 0) is 38.5 Å². The zero-order valence-corrected chi connectivity index (χ0v) is 13.9. The highest BCUT2D eigenvalue weighted by atomic mass is 16.2. The number of aliphatic imine (C=N–C) groups is 1. The van der Waals surface area contributed by atoms with Gasteiger partial charge < -0.3 is 0 Å². The van der Waals surface area contributed by atoms with Gasteiger partial charge in [0.1, 0.15) is 0 Å². The Morgan fingerprint density at radius 1 is 1.52 bits per heavy atom. The number of likely N-dealkylation sites (N-methyl/N-ethyl adjacent to an activating group) is 1. The summed E-state index contributed by atoms with van der Waals surface area (Å²) >= 11 is 0. The number of piperidine rings is 1. The van der Waals surface area contributed by atoms with Gasteiger partial charge in [-0.3, -0.25) is 24.8 Å². The van der Waals surface area contributed by atoms with E-state index in [0.717, 1.165) is 12.8 Å². The van der Waals surface area contributed by atoms with Crippen LogP contribution in [0.1, 0.15) is 39.5 Å². The van der Waals surface area contributed by atoms with E-state index >= 15 is 0 Å². The molecule has 0 aromatic heterocycles. The van der Waals surface area contributed by atoms with Crippen LogP contribution in [0.25, 0.3) is 0 Å². The Hall–Kier alpha value is -2.19. The minimum atomic E-state index is -0.289. The Bertz CT molecular complexity index is 540. The summed E-state index contributed by atoms with van der Waals surface area (Å²) in [5.74, 6) is 5.36. The van der Waals surface area contributed by atoms with Crippen molar-refractivity contribution >= 4 is 18.0 Å². The maximum absolute atomic E-state index is 12.0. The molecule has 0 radical (unpaired) electrons. The van der Waals surface area contributed by atoms with Gasteiger partial charge >= 0.3 is 0 Å². The Morgan fingerprint density at radius 3 is 2.96 bits per heavy atom. The van der Waals surface area contributed by atoms with E-state index in [2.05, 4.69) is 28.7 Å². The fourth-order valence-electron chi connectivity index (χ4n) is 2.46. The van der Waals surface area contributed by atoms with Crippen molar-refractivity contribution in [2.45, 2.75) is 51.7 Å². The third-order valence-electron chi connectivity index (χ3n) is 3.62. The van der Waals surface area contributed by atoms with Crippen molar-refractivity contribution in [1.29, 1.82) is 0 Å². The average molecular weight is 315 g/mol. The van der Waals surface area contributed by atoms with Gasteiger partial charge in [-0.15, -0.1) is 0 Å². The molecule has 0 saturated carbocycles. The van der Waals surface area contributed by atoms with Crippen molar-refractivity contribution in [2.24, 2.45) is 4.99 Å². The molecule has 0 bridgehead atoms. The maximum Gasteiger partial charge on any atom is 0.243 e. The lowest BCUT2D eigenvalue weighted by Gasteiger charge is -2.34. The van der Waals surface area contributed by atoms with Gasteiger partial charge in [-0.2, -0.15) is 0 Å². The molecule has 1 rings (SSSR count). The molecule has 0 aromatic carbocycles. The molecule has 2 amide bonds. The number of carbonyl (C=O) groups is 2. The smallest absolute Gasteiger partial charge is 0.243 e. The molecule has 1 aliphatic rings. The number of unbranched alkanes of at least 4 members (excludes halogenated alkanes) is 1. The van der Waals surface area contributed by atoms with Crippen LogP contribution < -0.4 is 5.32 Å². The van der Waals surface area contributed by atoms with E-state index in [0.29, 0.717) is 19.4 Å². The van der Waals surface area contributed by atoms with E-state index in [1.807, 2.05) is 30.9 Å². The van der Waals surface area contributed by atoms with Crippen molar-refractivity contribution in [3.63, 3.8) is 0 Å². The summed E-state index contributed by atoms with van der Waals surface area (Å²) in [6.07, 6.45) is 9.72. The monoisotopic (exact) mass is 315 g/mol. The van der Waals surface area contributed by atoms with E-state index in [1.54, 1.807) is 12.3 Å². The average Bonchev–Trinajstić information content (AvgIpc) is 2.52. The quantitative estimate of drug-likeness (QED) is 0.338. The van der Waals surface area contributed by atoms with Crippen LogP contribution in [-0.4, -0.2) is 41.7 Å². The molecule has 0 aliphatic carbocycles. The first-order valence-electron chi connectivity index (χ1n) is 7.97. The molecule has 2 atom stereocenters. The molecule has 0 spiro atoms. The SMILES string of the molecule is C=CC#CCC/C=C\C=N/C(C)N(CC)C1CCC(=O)NC1=O. The highest BCUT2D eigenvalue weighted by Crippen LogP contribution is 2.15. The second-order valence-corrected chi connectivity index (χ2v) is 5.22. The Balaban J connectivity index is 2.49. The van der Waals surface area contributed by atoms with Crippen LogP contribution in [0.4, 0.5) is 0 Å². The van der Waals surface area contributed by atoms with Crippen LogP contribution in [0.15, 0.2) is 29.8 Å². The molecule has 1 saturated heterocycles. The molecular formula is C18H25N3O2. The molecule has 5 nitrogen and oxygen atoms in total. The minimum Gasteiger partial charge on any atom is -0.295 e. The minimum absolute atomic E-state index is 0.117. The lowest BCUT2D eigenvalue weighted by atomic mass is 10.0. The first-order valence-corrected chi connectivity index (χ1v) is 7.97. The number of hydrogen-bond acceptors (Lipinski definition) is 4. The molecule has 1 N–H and O–H groups in total. The number of allylic oxidation sites excluding steroid dienone is 3. The van der Waals surface area contributed by atoms with Crippen LogP contribution in [0.2, 0.25) is 0 Å². The molecular weight excluding hydrogens is 290 g/mol. The zero-order valence-electron chi connectivity index (χ0n) is 13.9. The van der Waals surface area contributed by atoms with E-state index in [4.69, 9.17) is 0 Å². The summed E-state index contributed by atoms with van der Waals surface area (Å²) in [7, 11) is 0. The van der Waals surface area contributed by atoms with Crippen molar-refractivity contribution in [1.82, 2.24) is 10.2 Å². The van der Waals surface area contributed by atoms with Gasteiger partial charge in [0.05, 0.1) is 12.2 Å². The molecule has 124 valence electrons. The third kappa shape index (κ3) is 6.62. The molecule has 5 heteroatoms. The fraction of sp³-hybridized carbons (Fsp3) is 0.500. The van der Waals surface area contributed by atoms with Crippen molar-refractivity contribution in [2.75, 3.05) is 6.54 Å². The number of rotatable bonds is 7. The Labute approximate surface area is 138 Å². The molecule has 1 aliphatic heterocycles. The summed E-state index contributed by atoms with van der Waals surface area (Å²) < 4.78 is 0. The van der Waals surface area contributed by atoms with Crippen LogP contribution in [0.5, 0.6) is 0 Å². The van der Waals surface area contributed by atoms with E-state index in [9.17, 15) is 9.59 Å². The fourth-order valence-corrected chi connectivity index (χ4v) is 2.46. The first-order chi connectivity index (χ1) is 11.1. The summed E-state index contributed by atoms with van der Waals surface area (Å²) in [5.41, 5.74) is 0. The number of carbonyl (C=O) groups excluding carboxylic acids is 2. The number of nitrogens with zero attached hydrogens (tertiary/aromatic N) is 2. The van der Waals surface area contributed by atoms with Gasteiger partial charge in [0.2, 0.25) is 11.8 Å². The number of imide groups is 1. The standard InChI is InChI=1S/C18H25N3O2/c1-4-6-7-8-9-10-11-14-19-15(3)21(5-2)16-12-13-17(22)20-18(16)23/h4,10-11,14-16H,1,5,8-9,12-13H2,2-3H3,(H,20,22,23)/b11-10-,19-14-. The normalized spacial score (nSPS) is 19.7. The van der Waals surface area contributed by atoms with E-state index in [-0.39, 0.29) is 24.0 Å². The van der Waals surface area contributed by atoms with Crippen molar-refractivity contribution in [3.8, 4) is 11.8 Å². The van der Waals surface area contributed by atoms with Crippen molar-refractivity contribution in [3.05, 3.63) is 24.8 Å². The highest BCUT2D eigenvalue weighted by Gasteiger charge is 2.32. The summed E-state index contributed by atoms with van der Waals surface area (Å²) in [4.78, 5) is 29.6. The molecule has 1 fully saturated rings. The van der Waals surface area contributed by atoms with Crippen LogP contribution >= 0.6 is 0 Å². The predicted molar refractivity (Wildman–Crippen MR) is 92.9 cm³/mol. The lowest BCUT2D eigenvalue weighted by molar-refractivity contribution is -0.138. The highest BCUT2D eigenvalue weighted by molar-refractivity contribution is 6.00. The van der Waals surface area contributed by atoms with E-state index in [1.165, 1.54) is 0 Å². The summed E-state index contributed by atoms with van der Waals surface area (Å²) in [6.45, 7) is 8.18. The number of hydrogen-bond donors (Lipinski definition) is 1. The Morgan fingerprint density at radius 2 is 2.30 bits per heavy atom. The van der Waals surface area contributed by atoms with Gasteiger partial charge in [0, 0.05) is 19.1 Å². The summed E-state index contributed by atoms with van der Waals surface area (Å²) in [6, 6.07) is -0.289. The number of amides is 2. The van der Waals surface area contributed by atoms with E-state index < -0.39 is 0 Å². The van der Waals surface area contributed by atoms with Crippen LogP contribution in [-0.2, 0) is 9.59 Å². The molecule has 0 aromatic rings. The van der Waals surface area contributed by atoms with Crippen LogP contribution in [0.3, 0.4) is 0 Å². The molecule has 2 unspecified atom stereocenters. The second kappa shape index (κ2) is 10.5. The maximum atomic E-state index is 12.0. The van der Waals surface area contributed by atoms with Gasteiger partial charge in [-0.1, -0.05) is 31.4 Å². The largest absolute Gasteiger partial charge is 0.295 e. The second-order valence-electron chi connectivity index (χ2n) is 5.22. The third-order valence-corrected chi connectivity index (χ3v) is 3.62. The molecule has 1 heterocycles. The van der Waals surface area contributed by atoms with Crippen LogP contribution in [0, 0.1) is 11.8 Å². The first kappa shape index (κ1) is 18.9. The Kier molecular flexibility index (Phi) is 8.63. The zero-order chi connectivity index (χ0) is 17.1. The van der Waals surface area contributed by atoms with Gasteiger partial charge in [0.15, 0.2) is 0 Å². The van der Waals surface area contributed by atoms with Gasteiger partial charge in [-0.25, -0.2) is 0 Å².